The number of piperidine rings is 1. The Hall–Kier alpha value is -2.42. The van der Waals surface area contributed by atoms with E-state index in [2.05, 4.69) is 39.3 Å². The largest absolute Gasteiger partial charge is 0.416 e. The Bertz CT molecular complexity index is 871. The van der Waals surface area contributed by atoms with Gasteiger partial charge in [-0.2, -0.15) is 18.2 Å². The molecule has 0 bridgehead atoms. The van der Waals surface area contributed by atoms with Crippen LogP contribution in [0.1, 0.15) is 56.7 Å². The summed E-state index contributed by atoms with van der Waals surface area (Å²) in [6.45, 7) is 6.17. The van der Waals surface area contributed by atoms with Crippen LogP contribution >= 0.6 is 0 Å². The predicted molar refractivity (Wildman–Crippen MR) is 110 cm³/mol. The summed E-state index contributed by atoms with van der Waals surface area (Å²) in [6.07, 6.45) is 0.828. The summed E-state index contributed by atoms with van der Waals surface area (Å²) >= 11 is 0. The predicted octanol–water partition coefficient (Wildman–Crippen LogP) is 4.48. The number of rotatable bonds is 4. The van der Waals surface area contributed by atoms with Crippen molar-refractivity contribution in [1.29, 1.82) is 0 Å². The second-order valence-corrected chi connectivity index (χ2v) is 8.24. The fraction of sp³-hybridized carbons (Fsp3) is 0.571. The van der Waals surface area contributed by atoms with Crippen LogP contribution in [0.2, 0.25) is 0 Å². The van der Waals surface area contributed by atoms with Crippen LogP contribution in [0.15, 0.2) is 24.4 Å². The van der Waals surface area contributed by atoms with Gasteiger partial charge in [0.05, 0.1) is 11.3 Å². The van der Waals surface area contributed by atoms with Crippen LogP contribution in [0.25, 0.3) is 0 Å². The third kappa shape index (κ3) is 4.50. The van der Waals surface area contributed by atoms with Gasteiger partial charge in [0.1, 0.15) is 11.6 Å². The topological polar surface area (TPSA) is 66.0 Å². The van der Waals surface area contributed by atoms with Crippen LogP contribution in [0, 0.1) is 0 Å². The first kappa shape index (κ1) is 20.8. The Kier molecular flexibility index (Phi) is 5.81. The van der Waals surface area contributed by atoms with Crippen molar-refractivity contribution in [2.24, 2.45) is 0 Å². The van der Waals surface area contributed by atoms with Crippen LogP contribution in [0.3, 0.4) is 0 Å². The van der Waals surface area contributed by atoms with E-state index in [1.165, 1.54) is 0 Å². The van der Waals surface area contributed by atoms with Crippen LogP contribution in [0.5, 0.6) is 0 Å². The molecule has 2 saturated heterocycles. The highest BCUT2D eigenvalue weighted by Crippen LogP contribution is 2.33. The Balaban J connectivity index is 1.69. The van der Waals surface area contributed by atoms with E-state index >= 15 is 0 Å². The SMILES string of the molecule is CC1CCC(C)N1c1nc(Nc2cc(C(F)(F)F)ccn2)cc(C2CCNCC2)n1. The molecule has 2 fully saturated rings. The summed E-state index contributed by atoms with van der Waals surface area (Å²) in [5.74, 6) is 1.54. The van der Waals surface area contributed by atoms with Gasteiger partial charge in [0.15, 0.2) is 0 Å². The number of hydrogen-bond acceptors (Lipinski definition) is 6. The molecule has 2 aliphatic rings. The maximum absolute atomic E-state index is 13.1. The van der Waals surface area contributed by atoms with Crippen molar-refractivity contribution in [2.75, 3.05) is 23.3 Å². The number of halogens is 3. The van der Waals surface area contributed by atoms with E-state index in [0.29, 0.717) is 29.8 Å². The maximum Gasteiger partial charge on any atom is 0.416 e. The van der Waals surface area contributed by atoms with Crippen molar-refractivity contribution in [1.82, 2.24) is 20.3 Å². The van der Waals surface area contributed by atoms with Crippen LogP contribution < -0.4 is 15.5 Å². The number of nitrogens with zero attached hydrogens (tertiary/aromatic N) is 4. The normalized spacial score (nSPS) is 23.0. The quantitative estimate of drug-likeness (QED) is 0.761. The summed E-state index contributed by atoms with van der Waals surface area (Å²) in [5, 5.41) is 6.34. The lowest BCUT2D eigenvalue weighted by molar-refractivity contribution is -0.137. The molecule has 2 aliphatic heterocycles. The molecule has 0 spiro atoms. The molecular formula is C21H27F3N6. The molecule has 2 aromatic heterocycles. The molecule has 0 radical (unpaired) electrons. The summed E-state index contributed by atoms with van der Waals surface area (Å²) in [4.78, 5) is 15.8. The summed E-state index contributed by atoms with van der Waals surface area (Å²) < 4.78 is 39.2. The van der Waals surface area contributed by atoms with Crippen LogP contribution in [0.4, 0.5) is 30.8 Å². The zero-order valence-corrected chi connectivity index (χ0v) is 17.2. The van der Waals surface area contributed by atoms with E-state index < -0.39 is 11.7 Å². The molecular weight excluding hydrogens is 393 g/mol. The number of hydrogen-bond donors (Lipinski definition) is 2. The highest BCUT2D eigenvalue weighted by atomic mass is 19.4. The summed E-state index contributed by atoms with van der Waals surface area (Å²) in [6, 6.07) is 4.47. The van der Waals surface area contributed by atoms with E-state index in [-0.39, 0.29) is 5.82 Å². The highest BCUT2D eigenvalue weighted by molar-refractivity contribution is 5.56. The molecule has 0 saturated carbocycles. The first-order valence-electron chi connectivity index (χ1n) is 10.5. The minimum atomic E-state index is -4.42. The van der Waals surface area contributed by atoms with Gasteiger partial charge in [0.2, 0.25) is 5.95 Å². The fourth-order valence-electron chi connectivity index (χ4n) is 4.35. The Morgan fingerprint density at radius 2 is 1.70 bits per heavy atom. The summed E-state index contributed by atoms with van der Waals surface area (Å²) in [7, 11) is 0. The van der Waals surface area contributed by atoms with Gasteiger partial charge in [0, 0.05) is 30.3 Å². The molecule has 0 aromatic carbocycles. The zero-order valence-electron chi connectivity index (χ0n) is 17.2. The van der Waals surface area contributed by atoms with E-state index in [9.17, 15) is 13.2 Å². The highest BCUT2D eigenvalue weighted by Gasteiger charge is 2.32. The lowest BCUT2D eigenvalue weighted by atomic mass is 9.94. The van der Waals surface area contributed by atoms with Crippen molar-refractivity contribution in [3.63, 3.8) is 0 Å². The molecule has 30 heavy (non-hydrogen) atoms. The maximum atomic E-state index is 13.1. The monoisotopic (exact) mass is 420 g/mol. The van der Waals surface area contributed by atoms with Gasteiger partial charge in [-0.25, -0.2) is 9.97 Å². The minimum Gasteiger partial charge on any atom is -0.335 e. The smallest absolute Gasteiger partial charge is 0.335 e. The third-order valence-corrected chi connectivity index (χ3v) is 6.02. The molecule has 0 aliphatic carbocycles. The van der Waals surface area contributed by atoms with E-state index in [4.69, 9.17) is 4.98 Å². The third-order valence-electron chi connectivity index (χ3n) is 6.02. The van der Waals surface area contributed by atoms with Crippen molar-refractivity contribution < 1.29 is 13.2 Å². The van der Waals surface area contributed by atoms with Gasteiger partial charge in [-0.05, 0) is 64.8 Å². The molecule has 4 heterocycles. The molecule has 2 atom stereocenters. The number of alkyl halides is 3. The van der Waals surface area contributed by atoms with Gasteiger partial charge in [-0.1, -0.05) is 0 Å². The molecule has 0 amide bonds. The average Bonchev–Trinajstić information content (AvgIpc) is 3.06. The first-order chi connectivity index (χ1) is 14.3. The van der Waals surface area contributed by atoms with Crippen LogP contribution in [-0.4, -0.2) is 40.1 Å². The number of aromatic nitrogens is 3. The molecule has 162 valence electrons. The first-order valence-corrected chi connectivity index (χ1v) is 10.5. The van der Waals surface area contributed by atoms with E-state index in [1.54, 1.807) is 0 Å². The van der Waals surface area contributed by atoms with E-state index in [0.717, 1.165) is 62.8 Å². The summed E-state index contributed by atoms with van der Waals surface area (Å²) in [5.41, 5.74) is 0.192. The van der Waals surface area contributed by atoms with Crippen molar-refractivity contribution in [3.05, 3.63) is 35.7 Å². The molecule has 2 aromatic rings. The molecule has 4 rings (SSSR count). The van der Waals surface area contributed by atoms with Crippen molar-refractivity contribution in [2.45, 2.75) is 63.7 Å². The second kappa shape index (κ2) is 8.37. The van der Waals surface area contributed by atoms with Crippen LogP contribution in [-0.2, 0) is 6.18 Å². The molecule has 2 N–H and O–H groups in total. The van der Waals surface area contributed by atoms with Gasteiger partial charge in [0.25, 0.3) is 0 Å². The van der Waals surface area contributed by atoms with Gasteiger partial charge in [-0.15, -0.1) is 0 Å². The standard InChI is InChI=1S/C21H27F3N6/c1-13-3-4-14(2)30(13)20-27-17(15-5-8-25-9-6-15)12-19(29-20)28-18-11-16(7-10-26-18)21(22,23)24/h7,10-15,25H,3-6,8-9H2,1-2H3,(H,26,27,28,29). The Morgan fingerprint density at radius 1 is 1.00 bits per heavy atom. The zero-order chi connectivity index (χ0) is 21.3. The molecule has 9 heteroatoms. The van der Waals surface area contributed by atoms with E-state index in [1.807, 2.05) is 6.07 Å². The Morgan fingerprint density at radius 3 is 2.37 bits per heavy atom. The number of pyridine rings is 1. The Labute approximate surface area is 174 Å². The minimum absolute atomic E-state index is 0.119. The lowest BCUT2D eigenvalue weighted by Gasteiger charge is -2.29. The van der Waals surface area contributed by atoms with Gasteiger partial charge >= 0.3 is 6.18 Å². The average molecular weight is 420 g/mol. The van der Waals surface area contributed by atoms with Crippen molar-refractivity contribution in [3.8, 4) is 0 Å². The fourth-order valence-corrected chi connectivity index (χ4v) is 4.35. The molecule has 2 unspecified atom stereocenters. The van der Waals surface area contributed by atoms with Crippen molar-refractivity contribution >= 4 is 17.6 Å². The number of nitrogens with one attached hydrogen (secondary N) is 2. The van der Waals surface area contributed by atoms with Gasteiger partial charge in [-0.3, -0.25) is 0 Å². The van der Waals surface area contributed by atoms with Gasteiger partial charge < -0.3 is 15.5 Å². The number of anilines is 3. The molecule has 6 nitrogen and oxygen atoms in total. The second-order valence-electron chi connectivity index (χ2n) is 8.24. The lowest BCUT2D eigenvalue weighted by Crippen LogP contribution is -2.35.